The average Bonchev–Trinajstić information content (AvgIpc) is 2.40. The van der Waals surface area contributed by atoms with E-state index in [0.29, 0.717) is 16.5 Å². The standard InChI is InChI=1S/C15H14ClNO3/c1-10-8-11(16)6-7-14(10)20-9-15(19)17-12-4-2-3-5-13(12)18/h2-8,18H,9H2,1H3,(H,17,19). The first-order valence-corrected chi connectivity index (χ1v) is 6.41. The van der Waals surface area contributed by atoms with Gasteiger partial charge >= 0.3 is 0 Å². The number of halogens is 1. The van der Waals surface area contributed by atoms with Crippen molar-refractivity contribution in [1.29, 1.82) is 0 Å². The van der Waals surface area contributed by atoms with Gasteiger partial charge in [-0.05, 0) is 42.8 Å². The van der Waals surface area contributed by atoms with Gasteiger partial charge in [-0.2, -0.15) is 0 Å². The van der Waals surface area contributed by atoms with Gasteiger partial charge in [0.1, 0.15) is 11.5 Å². The summed E-state index contributed by atoms with van der Waals surface area (Å²) >= 11 is 5.84. The number of hydrogen-bond acceptors (Lipinski definition) is 3. The van der Waals surface area contributed by atoms with Gasteiger partial charge in [-0.1, -0.05) is 23.7 Å². The van der Waals surface area contributed by atoms with Crippen LogP contribution in [0.15, 0.2) is 42.5 Å². The van der Waals surface area contributed by atoms with Crippen LogP contribution in [0.5, 0.6) is 11.5 Å². The van der Waals surface area contributed by atoms with Crippen molar-refractivity contribution in [3.63, 3.8) is 0 Å². The van der Waals surface area contributed by atoms with E-state index in [1.165, 1.54) is 6.07 Å². The Morgan fingerprint density at radius 2 is 2.05 bits per heavy atom. The zero-order valence-corrected chi connectivity index (χ0v) is 11.6. The highest BCUT2D eigenvalue weighted by Crippen LogP contribution is 2.23. The number of hydrogen-bond donors (Lipinski definition) is 2. The quantitative estimate of drug-likeness (QED) is 0.849. The average molecular weight is 292 g/mol. The summed E-state index contributed by atoms with van der Waals surface area (Å²) in [5, 5.41) is 12.7. The molecule has 5 heteroatoms. The maximum atomic E-state index is 11.7. The third-order valence-electron chi connectivity index (χ3n) is 2.67. The summed E-state index contributed by atoms with van der Waals surface area (Å²) in [5.74, 6) is 0.270. The molecule has 0 aliphatic rings. The minimum absolute atomic E-state index is 0.0172. The largest absolute Gasteiger partial charge is 0.506 e. The van der Waals surface area contributed by atoms with Crippen LogP contribution >= 0.6 is 11.6 Å². The predicted octanol–water partition coefficient (Wildman–Crippen LogP) is 3.37. The maximum absolute atomic E-state index is 11.7. The van der Waals surface area contributed by atoms with E-state index in [2.05, 4.69) is 5.32 Å². The lowest BCUT2D eigenvalue weighted by atomic mass is 10.2. The highest BCUT2D eigenvalue weighted by atomic mass is 35.5. The molecule has 0 aliphatic carbocycles. The highest BCUT2D eigenvalue weighted by molar-refractivity contribution is 6.30. The molecule has 2 aromatic rings. The van der Waals surface area contributed by atoms with Crippen molar-refractivity contribution in [2.75, 3.05) is 11.9 Å². The molecule has 0 aromatic heterocycles. The minimum Gasteiger partial charge on any atom is -0.506 e. The second-order valence-corrected chi connectivity index (χ2v) is 4.70. The number of carbonyl (C=O) groups is 1. The number of phenolic OH excluding ortho intramolecular Hbond substituents is 1. The molecule has 0 saturated carbocycles. The molecule has 2 rings (SSSR count). The number of carbonyl (C=O) groups excluding carboxylic acids is 1. The summed E-state index contributed by atoms with van der Waals surface area (Å²) in [6, 6.07) is 11.7. The SMILES string of the molecule is Cc1cc(Cl)ccc1OCC(=O)Nc1ccccc1O. The van der Waals surface area contributed by atoms with Crippen LogP contribution in [0.1, 0.15) is 5.56 Å². The first kappa shape index (κ1) is 14.2. The zero-order chi connectivity index (χ0) is 14.5. The zero-order valence-electron chi connectivity index (χ0n) is 10.9. The molecule has 0 heterocycles. The number of benzene rings is 2. The number of nitrogens with one attached hydrogen (secondary N) is 1. The molecule has 1 amide bonds. The number of ether oxygens (including phenoxy) is 1. The monoisotopic (exact) mass is 291 g/mol. The second-order valence-electron chi connectivity index (χ2n) is 4.26. The van der Waals surface area contributed by atoms with E-state index < -0.39 is 0 Å². The summed E-state index contributed by atoms with van der Waals surface area (Å²) in [4.78, 5) is 11.7. The lowest BCUT2D eigenvalue weighted by Gasteiger charge is -2.10. The van der Waals surface area contributed by atoms with E-state index in [9.17, 15) is 9.90 Å². The summed E-state index contributed by atoms with van der Waals surface area (Å²) in [6.45, 7) is 1.71. The number of aromatic hydroxyl groups is 1. The number of phenols is 1. The second kappa shape index (κ2) is 6.30. The van der Waals surface area contributed by atoms with Crippen LogP contribution < -0.4 is 10.1 Å². The molecule has 0 spiro atoms. The van der Waals surface area contributed by atoms with Crippen molar-refractivity contribution in [3.8, 4) is 11.5 Å². The third kappa shape index (κ3) is 3.65. The van der Waals surface area contributed by atoms with Crippen LogP contribution in [0.3, 0.4) is 0 Å². The van der Waals surface area contributed by atoms with Crippen molar-refractivity contribution < 1.29 is 14.6 Å². The normalized spacial score (nSPS) is 10.1. The van der Waals surface area contributed by atoms with Crippen LogP contribution in [0, 0.1) is 6.92 Å². The summed E-state index contributed by atoms with van der Waals surface area (Å²) in [5.41, 5.74) is 1.21. The van der Waals surface area contributed by atoms with E-state index >= 15 is 0 Å². The van der Waals surface area contributed by atoms with Crippen LogP contribution in [0.4, 0.5) is 5.69 Å². The summed E-state index contributed by atoms with van der Waals surface area (Å²) in [6.07, 6.45) is 0. The van der Waals surface area contributed by atoms with Gasteiger partial charge < -0.3 is 15.2 Å². The maximum Gasteiger partial charge on any atom is 0.262 e. The van der Waals surface area contributed by atoms with Crippen molar-refractivity contribution in [1.82, 2.24) is 0 Å². The van der Waals surface area contributed by atoms with E-state index in [1.807, 2.05) is 6.92 Å². The van der Waals surface area contributed by atoms with E-state index in [4.69, 9.17) is 16.3 Å². The van der Waals surface area contributed by atoms with Gasteiger partial charge in [-0.3, -0.25) is 4.79 Å². The smallest absolute Gasteiger partial charge is 0.262 e. The van der Waals surface area contributed by atoms with Crippen molar-refractivity contribution >= 4 is 23.2 Å². The molecule has 0 saturated heterocycles. The lowest BCUT2D eigenvalue weighted by Crippen LogP contribution is -2.20. The first-order chi connectivity index (χ1) is 9.56. The van der Waals surface area contributed by atoms with E-state index in [1.54, 1.807) is 36.4 Å². The molecule has 104 valence electrons. The third-order valence-corrected chi connectivity index (χ3v) is 2.91. The van der Waals surface area contributed by atoms with Gasteiger partial charge in [-0.25, -0.2) is 0 Å². The summed E-state index contributed by atoms with van der Waals surface area (Å²) in [7, 11) is 0. The first-order valence-electron chi connectivity index (χ1n) is 6.03. The molecular formula is C15H14ClNO3. The van der Waals surface area contributed by atoms with E-state index in [-0.39, 0.29) is 18.3 Å². The molecule has 0 bridgehead atoms. The molecule has 4 nitrogen and oxygen atoms in total. The molecule has 2 aromatic carbocycles. The number of para-hydroxylation sites is 2. The minimum atomic E-state index is -0.346. The Morgan fingerprint density at radius 3 is 2.75 bits per heavy atom. The van der Waals surface area contributed by atoms with Crippen LogP contribution in [0.25, 0.3) is 0 Å². The Labute approximate surface area is 122 Å². The molecule has 0 fully saturated rings. The Bertz CT molecular complexity index is 628. The Morgan fingerprint density at radius 1 is 1.30 bits per heavy atom. The van der Waals surface area contributed by atoms with Crippen molar-refractivity contribution in [2.24, 2.45) is 0 Å². The fourth-order valence-electron chi connectivity index (χ4n) is 1.68. The predicted molar refractivity (Wildman–Crippen MR) is 78.4 cm³/mol. The van der Waals surface area contributed by atoms with Crippen molar-refractivity contribution in [2.45, 2.75) is 6.92 Å². The van der Waals surface area contributed by atoms with Gasteiger partial charge in [0.25, 0.3) is 5.91 Å². The topological polar surface area (TPSA) is 58.6 Å². The van der Waals surface area contributed by atoms with Gasteiger partial charge in [0.2, 0.25) is 0 Å². The van der Waals surface area contributed by atoms with Crippen molar-refractivity contribution in [3.05, 3.63) is 53.1 Å². The fraction of sp³-hybridized carbons (Fsp3) is 0.133. The number of rotatable bonds is 4. The number of amides is 1. The van der Waals surface area contributed by atoms with Crippen LogP contribution in [-0.4, -0.2) is 17.6 Å². The molecule has 0 unspecified atom stereocenters. The van der Waals surface area contributed by atoms with Gasteiger partial charge in [-0.15, -0.1) is 0 Å². The summed E-state index contributed by atoms with van der Waals surface area (Å²) < 4.78 is 5.41. The Kier molecular flexibility index (Phi) is 4.48. The molecule has 2 N–H and O–H groups in total. The number of aryl methyl sites for hydroxylation is 1. The molecule has 0 atom stereocenters. The van der Waals surface area contributed by atoms with Gasteiger partial charge in [0, 0.05) is 5.02 Å². The molecular weight excluding hydrogens is 278 g/mol. The highest BCUT2D eigenvalue weighted by Gasteiger charge is 2.08. The van der Waals surface area contributed by atoms with Gasteiger partial charge in [0.15, 0.2) is 6.61 Å². The van der Waals surface area contributed by atoms with Crippen LogP contribution in [0.2, 0.25) is 5.02 Å². The Hall–Kier alpha value is -2.20. The van der Waals surface area contributed by atoms with Crippen LogP contribution in [-0.2, 0) is 4.79 Å². The van der Waals surface area contributed by atoms with E-state index in [0.717, 1.165) is 5.56 Å². The lowest BCUT2D eigenvalue weighted by molar-refractivity contribution is -0.118. The Balaban J connectivity index is 1.94. The number of anilines is 1. The fourth-order valence-corrected chi connectivity index (χ4v) is 1.91. The molecule has 20 heavy (non-hydrogen) atoms. The molecule has 0 radical (unpaired) electrons. The van der Waals surface area contributed by atoms with Gasteiger partial charge in [0.05, 0.1) is 5.69 Å². The molecule has 0 aliphatic heterocycles.